The Labute approximate surface area is 204 Å². The third-order valence-corrected chi connectivity index (χ3v) is 5.86. The van der Waals surface area contributed by atoms with Crippen molar-refractivity contribution >= 4 is 28.7 Å². The molecule has 0 unspecified atom stereocenters. The summed E-state index contributed by atoms with van der Waals surface area (Å²) in [5.41, 5.74) is 2.87. The van der Waals surface area contributed by atoms with Gasteiger partial charge in [0.25, 0.3) is 0 Å². The number of likely N-dealkylation sites (tertiary alicyclic amines) is 1. The molecule has 2 heterocycles. The van der Waals surface area contributed by atoms with Crippen LogP contribution in [0.15, 0.2) is 48.5 Å². The van der Waals surface area contributed by atoms with E-state index in [0.717, 1.165) is 29.5 Å². The van der Waals surface area contributed by atoms with Gasteiger partial charge in [-0.25, -0.2) is 19.0 Å². The van der Waals surface area contributed by atoms with Crippen LogP contribution in [-0.4, -0.2) is 53.8 Å². The topological polar surface area (TPSA) is 80.8 Å². The molecule has 1 fully saturated rings. The second-order valence-electron chi connectivity index (χ2n) is 9.68. The largest absolute Gasteiger partial charge is 0.465 e. The molecule has 1 saturated heterocycles. The van der Waals surface area contributed by atoms with Crippen LogP contribution in [0.4, 0.5) is 14.9 Å². The summed E-state index contributed by atoms with van der Waals surface area (Å²) in [6.45, 7) is 6.72. The maximum absolute atomic E-state index is 13.6. The average molecular weight is 480 g/mol. The van der Waals surface area contributed by atoms with Crippen molar-refractivity contribution < 1.29 is 23.5 Å². The Morgan fingerprint density at radius 3 is 2.37 bits per heavy atom. The van der Waals surface area contributed by atoms with Crippen molar-refractivity contribution in [3.05, 3.63) is 59.9 Å². The van der Waals surface area contributed by atoms with Gasteiger partial charge in [-0.3, -0.25) is 0 Å². The maximum atomic E-state index is 13.6. The minimum absolute atomic E-state index is 0.107. The second-order valence-corrected chi connectivity index (χ2v) is 9.68. The summed E-state index contributed by atoms with van der Waals surface area (Å²) >= 11 is 0. The number of ether oxygens (including phenoxy) is 2. The van der Waals surface area contributed by atoms with E-state index >= 15 is 0 Å². The van der Waals surface area contributed by atoms with Gasteiger partial charge in [0.2, 0.25) is 0 Å². The molecule has 0 atom stereocenters. The third kappa shape index (κ3) is 5.88. The van der Waals surface area contributed by atoms with Gasteiger partial charge in [0, 0.05) is 30.1 Å². The highest BCUT2D eigenvalue weighted by atomic mass is 19.1. The van der Waals surface area contributed by atoms with Crippen molar-refractivity contribution in [2.45, 2.75) is 45.3 Å². The number of piperidine rings is 1. The van der Waals surface area contributed by atoms with Crippen LogP contribution >= 0.6 is 0 Å². The fourth-order valence-corrected chi connectivity index (χ4v) is 4.11. The first kappa shape index (κ1) is 24.4. The zero-order valence-corrected chi connectivity index (χ0v) is 20.4. The van der Waals surface area contributed by atoms with Gasteiger partial charge in [-0.1, -0.05) is 0 Å². The minimum Gasteiger partial charge on any atom is -0.465 e. The summed E-state index contributed by atoms with van der Waals surface area (Å²) in [4.78, 5) is 31.0. The summed E-state index contributed by atoms with van der Waals surface area (Å²) in [7, 11) is 1.35. The molecule has 1 aliphatic heterocycles. The Hall–Kier alpha value is -3.68. The number of anilines is 1. The number of pyridine rings is 1. The molecular weight excluding hydrogens is 449 g/mol. The number of aromatic nitrogens is 1. The fourth-order valence-electron chi connectivity index (χ4n) is 4.11. The van der Waals surface area contributed by atoms with Crippen LogP contribution in [-0.2, 0) is 9.47 Å². The lowest BCUT2D eigenvalue weighted by atomic mass is 10.0. The first-order chi connectivity index (χ1) is 16.6. The molecule has 1 amide bonds. The van der Waals surface area contributed by atoms with Gasteiger partial charge in [-0.2, -0.15) is 0 Å². The number of amides is 1. The number of methoxy groups -OCH3 is 1. The third-order valence-electron chi connectivity index (χ3n) is 5.86. The van der Waals surface area contributed by atoms with E-state index in [1.807, 2.05) is 26.8 Å². The Balaban J connectivity index is 1.61. The molecule has 0 bridgehead atoms. The van der Waals surface area contributed by atoms with Gasteiger partial charge in [-0.15, -0.1) is 0 Å². The standard InChI is InChI=1S/C27H30FN3O4/c1-27(2,3)35-26(33)31-13-11-21(12-14-31)29-23-16-19-15-18(25(32)34-4)7-10-22(19)30-24(23)17-5-8-20(28)9-6-17/h5-10,15-16,21,29H,11-14H2,1-4H3. The SMILES string of the molecule is COC(=O)c1ccc2nc(-c3ccc(F)cc3)c(NC3CCN(C(=O)OC(C)(C)C)CC3)cc2c1. The number of carbonyl (C=O) groups excluding carboxylic acids is 2. The van der Waals surface area contributed by atoms with Crippen LogP contribution in [0.1, 0.15) is 44.0 Å². The van der Waals surface area contributed by atoms with Crippen LogP contribution in [0.2, 0.25) is 0 Å². The van der Waals surface area contributed by atoms with Crippen LogP contribution in [0.3, 0.4) is 0 Å². The number of halogens is 1. The summed E-state index contributed by atoms with van der Waals surface area (Å²) in [6.07, 6.45) is 1.18. The van der Waals surface area contributed by atoms with Crippen LogP contribution in [0.5, 0.6) is 0 Å². The van der Waals surface area contributed by atoms with Crippen molar-refractivity contribution in [2.75, 3.05) is 25.5 Å². The van der Waals surface area contributed by atoms with Crippen LogP contribution in [0, 0.1) is 5.82 Å². The number of hydrogen-bond acceptors (Lipinski definition) is 6. The molecule has 35 heavy (non-hydrogen) atoms. The van der Waals surface area contributed by atoms with E-state index < -0.39 is 11.6 Å². The molecule has 1 N–H and O–H groups in total. The Morgan fingerprint density at radius 1 is 1.06 bits per heavy atom. The zero-order chi connectivity index (χ0) is 25.2. The number of esters is 1. The predicted molar refractivity (Wildman–Crippen MR) is 133 cm³/mol. The lowest BCUT2D eigenvalue weighted by Gasteiger charge is -2.34. The van der Waals surface area contributed by atoms with E-state index in [0.29, 0.717) is 29.9 Å². The smallest absolute Gasteiger partial charge is 0.410 e. The van der Waals surface area contributed by atoms with Crippen molar-refractivity contribution in [3.8, 4) is 11.3 Å². The second kappa shape index (κ2) is 9.90. The minimum atomic E-state index is -0.532. The molecule has 1 aliphatic rings. The number of benzene rings is 2. The molecule has 184 valence electrons. The van der Waals surface area contributed by atoms with Crippen molar-refractivity contribution in [1.82, 2.24) is 9.88 Å². The number of nitrogens with zero attached hydrogens (tertiary/aromatic N) is 2. The zero-order valence-electron chi connectivity index (χ0n) is 20.4. The normalized spacial score (nSPS) is 14.6. The molecular formula is C27H30FN3O4. The molecule has 0 aliphatic carbocycles. The number of rotatable bonds is 4. The van der Waals surface area contributed by atoms with Gasteiger partial charge in [0.15, 0.2) is 0 Å². The molecule has 4 rings (SSSR count). The van der Waals surface area contributed by atoms with Gasteiger partial charge in [0.1, 0.15) is 11.4 Å². The number of hydrogen-bond donors (Lipinski definition) is 1. The highest BCUT2D eigenvalue weighted by Crippen LogP contribution is 2.32. The van der Waals surface area contributed by atoms with E-state index in [9.17, 15) is 14.0 Å². The van der Waals surface area contributed by atoms with Crippen LogP contribution < -0.4 is 5.32 Å². The lowest BCUT2D eigenvalue weighted by Crippen LogP contribution is -2.44. The predicted octanol–water partition coefficient (Wildman–Crippen LogP) is 5.64. The number of nitrogens with one attached hydrogen (secondary N) is 1. The van der Waals surface area contributed by atoms with Crippen molar-refractivity contribution in [1.29, 1.82) is 0 Å². The van der Waals surface area contributed by atoms with Crippen molar-refractivity contribution in [2.24, 2.45) is 0 Å². The first-order valence-corrected chi connectivity index (χ1v) is 11.7. The van der Waals surface area contributed by atoms with Crippen molar-refractivity contribution in [3.63, 3.8) is 0 Å². The van der Waals surface area contributed by atoms with E-state index in [2.05, 4.69) is 5.32 Å². The molecule has 7 nitrogen and oxygen atoms in total. The molecule has 1 aromatic heterocycles. The molecule has 0 spiro atoms. The molecule has 8 heteroatoms. The Kier molecular flexibility index (Phi) is 6.91. The molecule has 0 saturated carbocycles. The van der Waals surface area contributed by atoms with Gasteiger partial charge in [-0.05, 0) is 82.1 Å². The summed E-state index contributed by atoms with van der Waals surface area (Å²) in [5.74, 6) is -0.736. The Bertz CT molecular complexity index is 1230. The van der Waals surface area contributed by atoms with E-state index in [-0.39, 0.29) is 18.0 Å². The first-order valence-electron chi connectivity index (χ1n) is 11.7. The van der Waals surface area contributed by atoms with Gasteiger partial charge < -0.3 is 19.7 Å². The monoisotopic (exact) mass is 479 g/mol. The Morgan fingerprint density at radius 2 is 1.74 bits per heavy atom. The quantitative estimate of drug-likeness (QED) is 0.488. The lowest BCUT2D eigenvalue weighted by molar-refractivity contribution is 0.0210. The number of fused-ring (bicyclic) bond motifs is 1. The highest BCUT2D eigenvalue weighted by molar-refractivity contribution is 5.96. The van der Waals surface area contributed by atoms with E-state index in [4.69, 9.17) is 14.5 Å². The number of carbonyl (C=O) groups is 2. The molecule has 2 aromatic carbocycles. The molecule has 3 aromatic rings. The van der Waals surface area contributed by atoms with E-state index in [1.165, 1.54) is 19.2 Å². The van der Waals surface area contributed by atoms with Gasteiger partial charge >= 0.3 is 12.1 Å². The molecule has 0 radical (unpaired) electrons. The fraction of sp³-hybridized carbons (Fsp3) is 0.370. The highest BCUT2D eigenvalue weighted by Gasteiger charge is 2.27. The summed E-state index contributed by atoms with van der Waals surface area (Å²) in [5, 5.41) is 4.36. The summed E-state index contributed by atoms with van der Waals surface area (Å²) in [6, 6.07) is 13.5. The van der Waals surface area contributed by atoms with Crippen LogP contribution in [0.25, 0.3) is 22.2 Å². The maximum Gasteiger partial charge on any atom is 0.410 e. The average Bonchev–Trinajstić information content (AvgIpc) is 2.82. The summed E-state index contributed by atoms with van der Waals surface area (Å²) < 4.78 is 23.9. The van der Waals surface area contributed by atoms with E-state index in [1.54, 1.807) is 35.2 Å². The van der Waals surface area contributed by atoms with Gasteiger partial charge in [0.05, 0.1) is 29.6 Å².